The Bertz CT molecular complexity index is 320. The molecular weight excluding hydrogens is 220 g/mol. The van der Waals surface area contributed by atoms with Crippen molar-refractivity contribution in [2.75, 3.05) is 0 Å². The van der Waals surface area contributed by atoms with Gasteiger partial charge in [0.15, 0.2) is 0 Å². The molecule has 0 aromatic rings. The third kappa shape index (κ3) is 1.22. The smallest absolute Gasteiger partial charge is 0.108 e. The summed E-state index contributed by atoms with van der Waals surface area (Å²) in [5.41, 5.74) is -4.22. The highest BCUT2D eigenvalue weighted by Crippen LogP contribution is 2.67. The molecule has 0 aromatic heterocycles. The van der Waals surface area contributed by atoms with Crippen molar-refractivity contribution in [2.45, 2.75) is 70.4 Å². The van der Waals surface area contributed by atoms with Gasteiger partial charge in [-0.2, -0.15) is 0 Å². The van der Waals surface area contributed by atoms with Crippen LogP contribution in [0.3, 0.4) is 0 Å². The third-order valence-electron chi connectivity index (χ3n) is 5.37. The van der Waals surface area contributed by atoms with E-state index in [-0.39, 0.29) is 6.42 Å². The van der Waals surface area contributed by atoms with Crippen LogP contribution in [0.15, 0.2) is 0 Å². The zero-order valence-electron chi connectivity index (χ0n) is 11.1. The zero-order valence-corrected chi connectivity index (χ0v) is 11.1. The molecule has 0 radical (unpaired) electrons. The van der Waals surface area contributed by atoms with Gasteiger partial charge < -0.3 is 20.4 Å². The Morgan fingerprint density at radius 3 is 1.76 bits per heavy atom. The van der Waals surface area contributed by atoms with E-state index in [0.29, 0.717) is 12.8 Å². The number of hydrogen-bond acceptors (Lipinski definition) is 4. The molecule has 4 N–H and O–H groups in total. The number of rotatable bonds is 1. The second-order valence-electron chi connectivity index (χ2n) is 6.98. The fourth-order valence-electron chi connectivity index (χ4n) is 4.58. The van der Waals surface area contributed by atoms with Crippen LogP contribution in [0.5, 0.6) is 0 Å². The summed E-state index contributed by atoms with van der Waals surface area (Å²) in [6.45, 7) is 7.08. The normalized spacial score (nSPS) is 52.2. The van der Waals surface area contributed by atoms with Gasteiger partial charge in [-0.3, -0.25) is 0 Å². The van der Waals surface area contributed by atoms with E-state index in [4.69, 9.17) is 0 Å². The van der Waals surface area contributed by atoms with Gasteiger partial charge in [0.05, 0.1) is 17.8 Å². The van der Waals surface area contributed by atoms with Gasteiger partial charge in [-0.15, -0.1) is 0 Å². The van der Waals surface area contributed by atoms with Crippen molar-refractivity contribution in [2.24, 2.45) is 10.8 Å². The first-order chi connectivity index (χ1) is 7.51. The Labute approximate surface area is 102 Å². The van der Waals surface area contributed by atoms with E-state index in [1.165, 1.54) is 0 Å². The van der Waals surface area contributed by atoms with E-state index in [0.717, 1.165) is 0 Å². The molecule has 17 heavy (non-hydrogen) atoms. The first-order valence-electron chi connectivity index (χ1n) is 6.31. The van der Waals surface area contributed by atoms with Gasteiger partial charge in [-0.1, -0.05) is 27.7 Å². The van der Waals surface area contributed by atoms with Crippen molar-refractivity contribution < 1.29 is 20.4 Å². The van der Waals surface area contributed by atoms with Crippen LogP contribution in [0.25, 0.3) is 0 Å². The standard InChI is InChI=1S/C13H24O4/c1-10(2)9(15)11(3,4)13(10,17)12(16)6-5-8(14)7-12/h8-9,14-17H,5-7H2,1-4H3. The van der Waals surface area contributed by atoms with Crippen LogP contribution in [0.4, 0.5) is 0 Å². The molecule has 100 valence electrons. The summed E-state index contributed by atoms with van der Waals surface area (Å²) >= 11 is 0. The fourth-order valence-corrected chi connectivity index (χ4v) is 4.58. The minimum Gasteiger partial charge on any atom is -0.393 e. The molecule has 2 saturated carbocycles. The van der Waals surface area contributed by atoms with Gasteiger partial charge in [0.1, 0.15) is 5.60 Å². The highest BCUT2D eigenvalue weighted by Gasteiger charge is 2.78. The van der Waals surface area contributed by atoms with Crippen LogP contribution < -0.4 is 0 Å². The Kier molecular flexibility index (Phi) is 2.53. The molecule has 0 amide bonds. The summed E-state index contributed by atoms with van der Waals surface area (Å²) in [6.07, 6.45) is -0.163. The van der Waals surface area contributed by atoms with Crippen molar-refractivity contribution >= 4 is 0 Å². The summed E-state index contributed by atoms with van der Waals surface area (Å²) in [5.74, 6) is 0. The lowest BCUT2D eigenvalue weighted by molar-refractivity contribution is -0.377. The summed E-state index contributed by atoms with van der Waals surface area (Å²) < 4.78 is 0. The Morgan fingerprint density at radius 2 is 1.41 bits per heavy atom. The first-order valence-corrected chi connectivity index (χ1v) is 6.31. The van der Waals surface area contributed by atoms with Crippen LogP contribution in [0, 0.1) is 10.8 Å². The van der Waals surface area contributed by atoms with Crippen molar-refractivity contribution in [1.82, 2.24) is 0 Å². The molecule has 4 nitrogen and oxygen atoms in total. The maximum Gasteiger partial charge on any atom is 0.108 e. The molecule has 2 aliphatic rings. The SMILES string of the molecule is CC1(C)C(O)C(C)(C)C1(O)C1(O)CCC(O)C1. The maximum atomic E-state index is 11.0. The van der Waals surface area contributed by atoms with Gasteiger partial charge in [-0.25, -0.2) is 0 Å². The van der Waals surface area contributed by atoms with E-state index in [1.807, 2.05) is 0 Å². The predicted molar refractivity (Wildman–Crippen MR) is 63.3 cm³/mol. The quantitative estimate of drug-likeness (QED) is 0.539. The molecule has 0 heterocycles. The minimum atomic E-state index is -1.37. The van der Waals surface area contributed by atoms with Gasteiger partial charge in [0, 0.05) is 17.3 Å². The molecule has 4 heteroatoms. The monoisotopic (exact) mass is 244 g/mol. The lowest BCUT2D eigenvalue weighted by atomic mass is 9.38. The van der Waals surface area contributed by atoms with Gasteiger partial charge in [0.25, 0.3) is 0 Å². The fraction of sp³-hybridized carbons (Fsp3) is 1.00. The Hall–Kier alpha value is -0.160. The average Bonchev–Trinajstić information content (AvgIpc) is 2.56. The Morgan fingerprint density at radius 1 is 0.941 bits per heavy atom. The minimum absolute atomic E-state index is 0.184. The zero-order chi connectivity index (χ0) is 13.3. The molecule has 0 bridgehead atoms. The molecule has 2 unspecified atom stereocenters. The third-order valence-corrected chi connectivity index (χ3v) is 5.37. The number of hydrogen-bond donors (Lipinski definition) is 4. The van der Waals surface area contributed by atoms with Crippen LogP contribution in [-0.2, 0) is 0 Å². The summed E-state index contributed by atoms with van der Waals surface area (Å²) in [4.78, 5) is 0. The highest BCUT2D eigenvalue weighted by atomic mass is 16.4. The van der Waals surface area contributed by atoms with Gasteiger partial charge in [-0.05, 0) is 12.8 Å². The molecule has 2 fully saturated rings. The van der Waals surface area contributed by atoms with Crippen molar-refractivity contribution in [3.8, 4) is 0 Å². The van der Waals surface area contributed by atoms with E-state index in [2.05, 4.69) is 0 Å². The van der Waals surface area contributed by atoms with Crippen LogP contribution >= 0.6 is 0 Å². The Balaban J connectivity index is 2.42. The average molecular weight is 244 g/mol. The van der Waals surface area contributed by atoms with Crippen LogP contribution in [-0.4, -0.2) is 43.8 Å². The molecule has 2 aliphatic carbocycles. The highest BCUT2D eigenvalue weighted by molar-refractivity contribution is 5.28. The van der Waals surface area contributed by atoms with Crippen molar-refractivity contribution in [3.63, 3.8) is 0 Å². The summed E-state index contributed by atoms with van der Waals surface area (Å²) in [5, 5.41) is 41.5. The summed E-state index contributed by atoms with van der Waals surface area (Å²) in [6, 6.07) is 0. The largest absolute Gasteiger partial charge is 0.393 e. The lowest BCUT2D eigenvalue weighted by Gasteiger charge is -2.71. The topological polar surface area (TPSA) is 80.9 Å². The second kappa shape index (κ2) is 3.23. The molecule has 2 rings (SSSR count). The molecule has 0 spiro atoms. The second-order valence-corrected chi connectivity index (χ2v) is 6.98. The lowest BCUT2D eigenvalue weighted by Crippen LogP contribution is -2.84. The van der Waals surface area contributed by atoms with Crippen LogP contribution in [0.2, 0.25) is 0 Å². The molecule has 0 aliphatic heterocycles. The molecule has 0 aromatic carbocycles. The molecule has 0 saturated heterocycles. The van der Waals surface area contributed by atoms with E-state index in [1.54, 1.807) is 27.7 Å². The maximum absolute atomic E-state index is 11.0. The van der Waals surface area contributed by atoms with E-state index < -0.39 is 34.2 Å². The van der Waals surface area contributed by atoms with Gasteiger partial charge in [0.2, 0.25) is 0 Å². The first kappa shape index (κ1) is 13.3. The number of aliphatic hydroxyl groups excluding tert-OH is 2. The van der Waals surface area contributed by atoms with Crippen molar-refractivity contribution in [3.05, 3.63) is 0 Å². The number of aliphatic hydroxyl groups is 4. The summed E-state index contributed by atoms with van der Waals surface area (Å²) in [7, 11) is 0. The van der Waals surface area contributed by atoms with Crippen LogP contribution in [0.1, 0.15) is 47.0 Å². The van der Waals surface area contributed by atoms with E-state index >= 15 is 0 Å². The van der Waals surface area contributed by atoms with Gasteiger partial charge >= 0.3 is 0 Å². The van der Waals surface area contributed by atoms with E-state index in [9.17, 15) is 20.4 Å². The molecular formula is C13H24O4. The van der Waals surface area contributed by atoms with Crippen molar-refractivity contribution in [1.29, 1.82) is 0 Å². The predicted octanol–water partition coefficient (Wildman–Crippen LogP) is 0.420. The molecule has 2 atom stereocenters.